The van der Waals surface area contributed by atoms with Gasteiger partial charge in [-0.2, -0.15) is 0 Å². The number of nitrogens with two attached hydrogens (primary N) is 1. The van der Waals surface area contributed by atoms with Crippen molar-refractivity contribution in [2.45, 2.75) is 11.9 Å². The van der Waals surface area contributed by atoms with Crippen LogP contribution in [0.3, 0.4) is 0 Å². The summed E-state index contributed by atoms with van der Waals surface area (Å²) in [5, 5.41) is 6.55. The number of hydrogen-bond acceptors (Lipinski definition) is 4. The molecule has 0 saturated heterocycles. The first-order chi connectivity index (χ1) is 7.22. The lowest BCUT2D eigenvalue weighted by Gasteiger charge is -1.96. The van der Waals surface area contributed by atoms with Gasteiger partial charge in [-0.15, -0.1) is 24.2 Å². The molecule has 1 aromatic carbocycles. The SMILES string of the molecule is Cc1cc(Cl)cc2c(SCCN)noc12.Cl. The summed E-state index contributed by atoms with van der Waals surface area (Å²) in [4.78, 5) is 0. The fraction of sp³-hybridized carbons (Fsp3) is 0.300. The maximum atomic E-state index is 5.98. The van der Waals surface area contributed by atoms with Gasteiger partial charge in [0.25, 0.3) is 0 Å². The molecule has 88 valence electrons. The topological polar surface area (TPSA) is 52.0 Å². The third-order valence-electron chi connectivity index (χ3n) is 2.05. The van der Waals surface area contributed by atoms with Crippen LogP contribution < -0.4 is 5.73 Å². The second-order valence-electron chi connectivity index (χ2n) is 3.22. The number of aromatic nitrogens is 1. The predicted molar refractivity (Wildman–Crippen MR) is 70.8 cm³/mol. The molecule has 0 atom stereocenters. The van der Waals surface area contributed by atoms with E-state index in [1.165, 1.54) is 0 Å². The van der Waals surface area contributed by atoms with Gasteiger partial charge in [-0.3, -0.25) is 0 Å². The Kier molecular flexibility index (Phi) is 4.92. The Morgan fingerprint density at radius 1 is 1.50 bits per heavy atom. The first-order valence-corrected chi connectivity index (χ1v) is 5.97. The monoisotopic (exact) mass is 278 g/mol. The molecule has 1 aromatic heterocycles. The van der Waals surface area contributed by atoms with Crippen LogP contribution in [0.1, 0.15) is 5.56 Å². The van der Waals surface area contributed by atoms with E-state index < -0.39 is 0 Å². The molecule has 2 aromatic rings. The largest absolute Gasteiger partial charge is 0.355 e. The number of aryl methyl sites for hydroxylation is 1. The van der Waals surface area contributed by atoms with Crippen LogP contribution in [-0.2, 0) is 0 Å². The molecule has 0 aliphatic carbocycles. The summed E-state index contributed by atoms with van der Waals surface area (Å²) in [6, 6.07) is 3.74. The third-order valence-corrected chi connectivity index (χ3v) is 3.27. The lowest BCUT2D eigenvalue weighted by Crippen LogP contribution is -2.00. The Balaban J connectivity index is 0.00000128. The zero-order chi connectivity index (χ0) is 10.8. The number of hydrogen-bond donors (Lipinski definition) is 1. The summed E-state index contributed by atoms with van der Waals surface area (Å²) >= 11 is 7.57. The molecule has 2 N–H and O–H groups in total. The van der Waals surface area contributed by atoms with Gasteiger partial charge in [0.1, 0.15) is 5.03 Å². The number of halogens is 2. The minimum Gasteiger partial charge on any atom is -0.355 e. The quantitative estimate of drug-likeness (QED) is 0.876. The molecule has 6 heteroatoms. The maximum Gasteiger partial charge on any atom is 0.171 e. The molecule has 1 heterocycles. The molecule has 0 saturated carbocycles. The minimum atomic E-state index is 0. The smallest absolute Gasteiger partial charge is 0.171 e. The normalized spacial score (nSPS) is 10.4. The predicted octanol–water partition coefficient (Wildman–Crippen LogP) is 3.26. The second kappa shape index (κ2) is 5.77. The number of fused-ring (bicyclic) bond motifs is 1. The fourth-order valence-corrected chi connectivity index (χ4v) is 2.39. The second-order valence-corrected chi connectivity index (χ2v) is 4.74. The average molecular weight is 279 g/mol. The lowest BCUT2D eigenvalue weighted by atomic mass is 10.2. The molecular formula is C10H12Cl2N2OS. The average Bonchev–Trinajstić information content (AvgIpc) is 2.58. The van der Waals surface area contributed by atoms with E-state index in [0.717, 1.165) is 27.3 Å². The summed E-state index contributed by atoms with van der Waals surface area (Å²) in [6.07, 6.45) is 0. The Bertz CT molecular complexity index is 487. The molecule has 0 aliphatic rings. The highest BCUT2D eigenvalue weighted by Gasteiger charge is 2.11. The van der Waals surface area contributed by atoms with Gasteiger partial charge in [-0.25, -0.2) is 0 Å². The standard InChI is InChI=1S/C10H11ClN2OS.ClH/c1-6-4-7(11)5-8-9(6)14-13-10(8)15-3-2-12;/h4-5H,2-3,12H2,1H3;1H. The molecule has 0 unspecified atom stereocenters. The Labute approximate surface area is 109 Å². The van der Waals surface area contributed by atoms with E-state index in [1.807, 2.05) is 19.1 Å². The van der Waals surface area contributed by atoms with Crippen molar-refractivity contribution < 1.29 is 4.52 Å². The van der Waals surface area contributed by atoms with Crippen LogP contribution in [-0.4, -0.2) is 17.5 Å². The van der Waals surface area contributed by atoms with Gasteiger partial charge in [0.15, 0.2) is 5.58 Å². The van der Waals surface area contributed by atoms with Gasteiger partial charge in [0.05, 0.1) is 5.39 Å². The fourth-order valence-electron chi connectivity index (χ4n) is 1.41. The van der Waals surface area contributed by atoms with Crippen LogP contribution in [0.4, 0.5) is 0 Å². The van der Waals surface area contributed by atoms with Crippen LogP contribution in [0, 0.1) is 6.92 Å². The van der Waals surface area contributed by atoms with Gasteiger partial charge >= 0.3 is 0 Å². The first-order valence-electron chi connectivity index (χ1n) is 4.61. The molecule has 3 nitrogen and oxygen atoms in total. The molecule has 0 radical (unpaired) electrons. The van der Waals surface area contributed by atoms with Crippen molar-refractivity contribution in [3.8, 4) is 0 Å². The highest BCUT2D eigenvalue weighted by atomic mass is 35.5. The summed E-state index contributed by atoms with van der Waals surface area (Å²) in [6.45, 7) is 2.58. The van der Waals surface area contributed by atoms with Crippen molar-refractivity contribution in [1.29, 1.82) is 0 Å². The van der Waals surface area contributed by atoms with Crippen LogP contribution in [0.25, 0.3) is 11.0 Å². The Hall–Kier alpha value is -0.420. The molecule has 0 bridgehead atoms. The molecule has 16 heavy (non-hydrogen) atoms. The molecule has 0 fully saturated rings. The van der Waals surface area contributed by atoms with E-state index in [1.54, 1.807) is 11.8 Å². The van der Waals surface area contributed by atoms with E-state index in [0.29, 0.717) is 11.6 Å². The van der Waals surface area contributed by atoms with Crippen LogP contribution in [0.15, 0.2) is 21.7 Å². The van der Waals surface area contributed by atoms with E-state index in [-0.39, 0.29) is 12.4 Å². The van der Waals surface area contributed by atoms with E-state index in [2.05, 4.69) is 5.16 Å². The van der Waals surface area contributed by atoms with Crippen LogP contribution >= 0.6 is 35.8 Å². The van der Waals surface area contributed by atoms with E-state index in [9.17, 15) is 0 Å². The van der Waals surface area contributed by atoms with Crippen molar-refractivity contribution in [1.82, 2.24) is 5.16 Å². The summed E-state index contributed by atoms with van der Waals surface area (Å²) in [7, 11) is 0. The summed E-state index contributed by atoms with van der Waals surface area (Å²) < 4.78 is 5.26. The minimum absolute atomic E-state index is 0. The van der Waals surface area contributed by atoms with Crippen molar-refractivity contribution in [2.75, 3.05) is 12.3 Å². The van der Waals surface area contributed by atoms with Gasteiger partial charge in [-0.05, 0) is 24.6 Å². The Morgan fingerprint density at radius 2 is 2.25 bits per heavy atom. The lowest BCUT2D eigenvalue weighted by molar-refractivity contribution is 0.436. The van der Waals surface area contributed by atoms with Crippen LogP contribution in [0.2, 0.25) is 5.02 Å². The third kappa shape index (κ3) is 2.63. The van der Waals surface area contributed by atoms with Crippen molar-refractivity contribution in [3.05, 3.63) is 22.7 Å². The number of thioether (sulfide) groups is 1. The van der Waals surface area contributed by atoms with Crippen molar-refractivity contribution in [3.63, 3.8) is 0 Å². The highest BCUT2D eigenvalue weighted by Crippen LogP contribution is 2.31. The summed E-state index contributed by atoms with van der Waals surface area (Å²) in [5.74, 6) is 0.827. The van der Waals surface area contributed by atoms with Gasteiger partial charge < -0.3 is 10.3 Å². The maximum absolute atomic E-state index is 5.98. The first kappa shape index (κ1) is 13.6. The van der Waals surface area contributed by atoms with Gasteiger partial charge in [0.2, 0.25) is 0 Å². The van der Waals surface area contributed by atoms with E-state index >= 15 is 0 Å². The molecular weight excluding hydrogens is 267 g/mol. The molecule has 2 rings (SSSR count). The van der Waals surface area contributed by atoms with Gasteiger partial charge in [0, 0.05) is 17.3 Å². The van der Waals surface area contributed by atoms with Crippen LogP contribution in [0.5, 0.6) is 0 Å². The number of benzene rings is 1. The number of nitrogens with zero attached hydrogens (tertiary/aromatic N) is 1. The Morgan fingerprint density at radius 3 is 2.94 bits per heavy atom. The zero-order valence-electron chi connectivity index (χ0n) is 8.70. The zero-order valence-corrected chi connectivity index (χ0v) is 11.1. The number of rotatable bonds is 3. The molecule has 0 spiro atoms. The van der Waals surface area contributed by atoms with E-state index in [4.69, 9.17) is 21.9 Å². The van der Waals surface area contributed by atoms with Crippen molar-refractivity contribution in [2.24, 2.45) is 5.73 Å². The highest BCUT2D eigenvalue weighted by molar-refractivity contribution is 7.99. The molecule has 0 amide bonds. The van der Waals surface area contributed by atoms with Gasteiger partial charge in [-0.1, -0.05) is 16.8 Å². The molecule has 0 aliphatic heterocycles. The summed E-state index contributed by atoms with van der Waals surface area (Å²) in [5.41, 5.74) is 7.25. The van der Waals surface area contributed by atoms with Crippen molar-refractivity contribution >= 4 is 46.7 Å².